The normalized spacial score (nSPS) is 13.7. The van der Waals surface area contributed by atoms with E-state index in [4.69, 9.17) is 4.74 Å². The van der Waals surface area contributed by atoms with Crippen LogP contribution in [0.1, 0.15) is 36.7 Å². The minimum Gasteiger partial charge on any atom is -0.444 e. The molecule has 0 aliphatic rings. The highest BCUT2D eigenvalue weighted by Crippen LogP contribution is 2.23. The average molecular weight is 434 g/mol. The Balaban J connectivity index is 2.14. The lowest BCUT2D eigenvalue weighted by molar-refractivity contribution is -0.117. The maximum absolute atomic E-state index is 14.7. The number of carbonyl (C=O) groups is 2. The molecule has 0 fully saturated rings. The van der Waals surface area contributed by atoms with Crippen LogP contribution in [0.25, 0.3) is 0 Å². The van der Waals surface area contributed by atoms with E-state index in [1.54, 1.807) is 81.4 Å². The van der Waals surface area contributed by atoms with Crippen LogP contribution in [-0.2, 0) is 11.2 Å². The van der Waals surface area contributed by atoms with Gasteiger partial charge in [0.25, 0.3) is 11.8 Å². The number of halogens is 2. The zero-order valence-corrected chi connectivity index (χ0v) is 17.8. The summed E-state index contributed by atoms with van der Waals surface area (Å²) in [7, 11) is 0. The molecular weight excluding hydrogens is 406 g/mol. The molecule has 2 unspecified atom stereocenters. The van der Waals surface area contributed by atoms with Crippen LogP contribution in [-0.4, -0.2) is 47.3 Å². The topological polar surface area (TPSA) is 87.7 Å². The van der Waals surface area contributed by atoms with E-state index < -0.39 is 42.2 Å². The Labute approximate surface area is 180 Å². The molecule has 0 spiro atoms. The van der Waals surface area contributed by atoms with Crippen molar-refractivity contribution in [3.8, 4) is 0 Å². The van der Waals surface area contributed by atoms with Crippen molar-refractivity contribution in [2.45, 2.75) is 50.9 Å². The van der Waals surface area contributed by atoms with E-state index in [0.717, 1.165) is 0 Å². The van der Waals surface area contributed by atoms with Crippen LogP contribution in [0.5, 0.6) is 0 Å². The van der Waals surface area contributed by atoms with Crippen LogP contribution in [0, 0.1) is 0 Å². The van der Waals surface area contributed by atoms with E-state index >= 15 is 0 Å². The summed E-state index contributed by atoms with van der Waals surface area (Å²) in [5.74, 6) is -4.31. The van der Waals surface area contributed by atoms with Gasteiger partial charge in [0.2, 0.25) is 0 Å². The van der Waals surface area contributed by atoms with Crippen molar-refractivity contribution < 1.29 is 28.2 Å². The Hall–Kier alpha value is -3.00. The van der Waals surface area contributed by atoms with E-state index in [0.29, 0.717) is 5.56 Å². The van der Waals surface area contributed by atoms with Gasteiger partial charge in [-0.05, 0) is 44.9 Å². The van der Waals surface area contributed by atoms with Gasteiger partial charge in [-0.15, -0.1) is 0 Å². The molecule has 6 nitrogen and oxygen atoms in total. The molecule has 2 rings (SSSR count). The highest BCUT2D eigenvalue weighted by atomic mass is 19.3. The second-order valence-corrected chi connectivity index (χ2v) is 8.20. The molecule has 0 aliphatic heterocycles. The predicted molar refractivity (Wildman–Crippen MR) is 113 cm³/mol. The Kier molecular flexibility index (Phi) is 8.10. The third-order valence-electron chi connectivity index (χ3n) is 4.33. The SMILES string of the molecule is CC(C)(C)OC(=O)NCC(F)(F)C(O)C(Cc1ccccc1)NC(=O)c1ccccc1. The predicted octanol–water partition coefficient (Wildman–Crippen LogP) is 3.55. The standard InChI is InChI=1S/C23H28F2N2O4/c1-22(2,3)31-21(30)26-15-23(24,25)19(28)18(14-16-10-6-4-7-11-16)27-20(29)17-12-8-5-9-13-17/h4-13,18-19,28H,14-15H2,1-3H3,(H,26,30)(H,27,29). The van der Waals surface area contributed by atoms with Gasteiger partial charge < -0.3 is 20.5 Å². The third-order valence-corrected chi connectivity index (χ3v) is 4.33. The van der Waals surface area contributed by atoms with Crippen LogP contribution in [0.15, 0.2) is 60.7 Å². The molecule has 0 radical (unpaired) electrons. The Bertz CT molecular complexity index is 855. The number of ether oxygens (including phenoxy) is 1. The van der Waals surface area contributed by atoms with E-state index in [-0.39, 0.29) is 12.0 Å². The number of alkyl carbamates (subject to hydrolysis) is 1. The van der Waals surface area contributed by atoms with E-state index in [1.807, 2.05) is 5.32 Å². The minimum absolute atomic E-state index is 0.0252. The monoisotopic (exact) mass is 434 g/mol. The number of aliphatic hydroxyl groups excluding tert-OH is 1. The lowest BCUT2D eigenvalue weighted by Gasteiger charge is -2.31. The summed E-state index contributed by atoms with van der Waals surface area (Å²) in [6.45, 7) is 3.67. The number of rotatable bonds is 8. The van der Waals surface area contributed by atoms with Gasteiger partial charge in [0, 0.05) is 5.56 Å². The van der Waals surface area contributed by atoms with Gasteiger partial charge in [-0.2, -0.15) is 0 Å². The molecule has 0 heterocycles. The first-order valence-corrected chi connectivity index (χ1v) is 9.90. The summed E-state index contributed by atoms with van der Waals surface area (Å²) in [6.07, 6.45) is -3.30. The molecule has 2 amide bonds. The molecule has 31 heavy (non-hydrogen) atoms. The average Bonchev–Trinajstić information content (AvgIpc) is 2.71. The second-order valence-electron chi connectivity index (χ2n) is 8.20. The molecule has 0 aromatic heterocycles. The quantitative estimate of drug-likeness (QED) is 0.593. The number of carbonyl (C=O) groups excluding carboxylic acids is 2. The van der Waals surface area contributed by atoms with Gasteiger partial charge in [0.15, 0.2) is 0 Å². The highest BCUT2D eigenvalue weighted by molar-refractivity contribution is 5.94. The molecule has 2 atom stereocenters. The number of amides is 2. The molecule has 0 bridgehead atoms. The number of aliphatic hydroxyl groups is 1. The van der Waals surface area contributed by atoms with E-state index in [2.05, 4.69) is 5.32 Å². The second kappa shape index (κ2) is 10.3. The van der Waals surface area contributed by atoms with Crippen molar-refractivity contribution in [3.63, 3.8) is 0 Å². The molecule has 0 saturated carbocycles. The number of hydrogen-bond donors (Lipinski definition) is 3. The molecule has 168 valence electrons. The van der Waals surface area contributed by atoms with Crippen molar-refractivity contribution in [2.75, 3.05) is 6.54 Å². The fourth-order valence-corrected chi connectivity index (χ4v) is 2.85. The van der Waals surface area contributed by atoms with Gasteiger partial charge >= 0.3 is 6.09 Å². The van der Waals surface area contributed by atoms with Gasteiger partial charge in [-0.1, -0.05) is 48.5 Å². The first-order valence-electron chi connectivity index (χ1n) is 9.90. The zero-order valence-electron chi connectivity index (χ0n) is 17.8. The van der Waals surface area contributed by atoms with Crippen molar-refractivity contribution in [1.29, 1.82) is 0 Å². The first kappa shape index (κ1) is 24.3. The number of benzene rings is 2. The van der Waals surface area contributed by atoms with Crippen molar-refractivity contribution in [1.82, 2.24) is 10.6 Å². The summed E-state index contributed by atoms with van der Waals surface area (Å²) >= 11 is 0. The Morgan fingerprint density at radius 2 is 1.55 bits per heavy atom. The van der Waals surface area contributed by atoms with Crippen molar-refractivity contribution in [3.05, 3.63) is 71.8 Å². The van der Waals surface area contributed by atoms with Crippen LogP contribution >= 0.6 is 0 Å². The maximum atomic E-state index is 14.7. The smallest absolute Gasteiger partial charge is 0.407 e. The molecule has 8 heteroatoms. The molecule has 2 aromatic carbocycles. The van der Waals surface area contributed by atoms with Crippen LogP contribution in [0.2, 0.25) is 0 Å². The van der Waals surface area contributed by atoms with Crippen LogP contribution < -0.4 is 10.6 Å². The lowest BCUT2D eigenvalue weighted by Crippen LogP contribution is -2.56. The molecular formula is C23H28F2N2O4. The molecule has 0 aliphatic carbocycles. The fourth-order valence-electron chi connectivity index (χ4n) is 2.85. The maximum Gasteiger partial charge on any atom is 0.407 e. The van der Waals surface area contributed by atoms with Gasteiger partial charge in [0.05, 0.1) is 12.6 Å². The van der Waals surface area contributed by atoms with Crippen molar-refractivity contribution >= 4 is 12.0 Å². The summed E-state index contributed by atoms with van der Waals surface area (Å²) in [5.41, 5.74) is 0.0936. The van der Waals surface area contributed by atoms with Crippen molar-refractivity contribution in [2.24, 2.45) is 0 Å². The molecule has 3 N–H and O–H groups in total. The van der Waals surface area contributed by atoms with Gasteiger partial charge in [0.1, 0.15) is 11.7 Å². The first-order chi connectivity index (χ1) is 14.5. The third kappa shape index (κ3) is 7.97. The van der Waals surface area contributed by atoms with E-state index in [9.17, 15) is 23.5 Å². The van der Waals surface area contributed by atoms with Gasteiger partial charge in [-0.3, -0.25) is 4.79 Å². The minimum atomic E-state index is -3.72. The number of hydrogen-bond acceptors (Lipinski definition) is 4. The molecule has 0 saturated heterocycles. The summed E-state index contributed by atoms with van der Waals surface area (Å²) < 4.78 is 34.4. The Morgan fingerprint density at radius 3 is 2.10 bits per heavy atom. The van der Waals surface area contributed by atoms with Gasteiger partial charge in [-0.25, -0.2) is 13.6 Å². The lowest BCUT2D eigenvalue weighted by atomic mass is 9.96. The fraction of sp³-hybridized carbons (Fsp3) is 0.391. The zero-order chi connectivity index (χ0) is 23.1. The highest BCUT2D eigenvalue weighted by Gasteiger charge is 2.44. The molecule has 2 aromatic rings. The summed E-state index contributed by atoms with van der Waals surface area (Å²) in [6, 6.07) is 15.5. The Morgan fingerprint density at radius 1 is 1.00 bits per heavy atom. The van der Waals surface area contributed by atoms with E-state index in [1.165, 1.54) is 0 Å². The largest absolute Gasteiger partial charge is 0.444 e. The van der Waals surface area contributed by atoms with Crippen LogP contribution in [0.3, 0.4) is 0 Å². The summed E-state index contributed by atoms with van der Waals surface area (Å²) in [4.78, 5) is 24.3. The number of alkyl halides is 2. The van der Waals surface area contributed by atoms with Crippen LogP contribution in [0.4, 0.5) is 13.6 Å². The summed E-state index contributed by atoms with van der Waals surface area (Å²) in [5, 5.41) is 15.0. The number of nitrogens with one attached hydrogen (secondary N) is 2.